The van der Waals surface area contributed by atoms with Crippen molar-refractivity contribution in [1.29, 1.82) is 0 Å². The van der Waals surface area contributed by atoms with Gasteiger partial charge >= 0.3 is 0 Å². The van der Waals surface area contributed by atoms with E-state index in [-0.39, 0.29) is 22.6 Å². The van der Waals surface area contributed by atoms with Gasteiger partial charge in [-0.25, -0.2) is 4.98 Å². The number of hydrogen-bond donors (Lipinski definition) is 5. The van der Waals surface area contributed by atoms with Crippen molar-refractivity contribution in [2.45, 2.75) is 71.1 Å². The molecule has 10 nitrogen and oxygen atoms in total. The predicted octanol–water partition coefficient (Wildman–Crippen LogP) is 7.73. The number of anilines is 6. The van der Waals surface area contributed by atoms with Crippen molar-refractivity contribution in [1.82, 2.24) is 9.97 Å². The van der Waals surface area contributed by atoms with Gasteiger partial charge in [0.25, 0.3) is 5.91 Å². The third kappa shape index (κ3) is 7.72. The van der Waals surface area contributed by atoms with Crippen LogP contribution < -0.4 is 27.0 Å². The van der Waals surface area contributed by atoms with Crippen LogP contribution in [0, 0.1) is 6.92 Å². The molecule has 0 atom stereocenters. The van der Waals surface area contributed by atoms with Crippen molar-refractivity contribution >= 4 is 63.8 Å². The number of aromatic nitrogens is 2. The Morgan fingerprint density at radius 1 is 0.851 bits per heavy atom. The lowest BCUT2D eigenvalue weighted by Gasteiger charge is -2.25. The summed E-state index contributed by atoms with van der Waals surface area (Å²) in [6.07, 6.45) is 4.23. The fraction of sp³-hybridized carbons (Fsp3) is 0.306. The maximum Gasteiger partial charge on any atom is 0.250 e. The van der Waals surface area contributed by atoms with Gasteiger partial charge in [-0.3, -0.25) is 14.4 Å². The van der Waals surface area contributed by atoms with E-state index in [1.807, 2.05) is 49.4 Å². The standard InChI is InChI=1S/C24H25ClN6O2.C12H15NO/c1-13-5-4-6-15(21(26)33)20(13)30-22-17(25)12-27-23(31-22)28-14-7-8-18-16(11-14)24(2,3)10-9-19(32)29-18;1-12(2)8-7-11(14)13-10-6-4-3-5-9(10)12/h4-8,11-12H,9-10H2,1-3H3,(H2,26,33)(H,29,32)(H2,27,28,30,31);3-6H,7-8H2,1-2H3,(H,13,14). The molecule has 6 N–H and O–H groups in total. The Kier molecular flexibility index (Phi) is 9.53. The van der Waals surface area contributed by atoms with Crippen molar-refractivity contribution in [2.75, 3.05) is 21.3 Å². The van der Waals surface area contributed by atoms with Crippen molar-refractivity contribution in [3.8, 4) is 0 Å². The number of rotatable bonds is 5. The van der Waals surface area contributed by atoms with Gasteiger partial charge in [-0.2, -0.15) is 4.98 Å². The third-order valence-electron chi connectivity index (χ3n) is 8.69. The first-order valence-corrected chi connectivity index (χ1v) is 15.9. The summed E-state index contributed by atoms with van der Waals surface area (Å²) in [6.45, 7) is 10.5. The Balaban J connectivity index is 0.000000257. The molecule has 3 aromatic carbocycles. The van der Waals surface area contributed by atoms with Crippen LogP contribution in [0.15, 0.2) is 66.9 Å². The Bertz CT molecular complexity index is 1850. The molecule has 244 valence electrons. The summed E-state index contributed by atoms with van der Waals surface area (Å²) in [4.78, 5) is 44.1. The van der Waals surface area contributed by atoms with E-state index in [4.69, 9.17) is 17.3 Å². The lowest BCUT2D eigenvalue weighted by Crippen LogP contribution is -2.16. The highest BCUT2D eigenvalue weighted by molar-refractivity contribution is 6.33. The monoisotopic (exact) mass is 653 g/mol. The zero-order valence-corrected chi connectivity index (χ0v) is 28.0. The number of nitrogens with two attached hydrogens (primary N) is 1. The van der Waals surface area contributed by atoms with Gasteiger partial charge < -0.3 is 27.0 Å². The van der Waals surface area contributed by atoms with E-state index in [2.05, 4.69) is 65.0 Å². The summed E-state index contributed by atoms with van der Waals surface area (Å²) in [5, 5.41) is 12.5. The SMILES string of the molecule is CC1(C)CCC(=O)Nc2ccccc21.Cc1cccc(C(N)=O)c1Nc1nc(Nc2ccc3c(c2)C(C)(C)CCC(=O)N3)ncc1Cl. The molecule has 0 spiro atoms. The Morgan fingerprint density at radius 3 is 2.17 bits per heavy atom. The Labute approximate surface area is 279 Å². The van der Waals surface area contributed by atoms with E-state index >= 15 is 0 Å². The average Bonchev–Trinajstić information content (AvgIpc) is 3.21. The van der Waals surface area contributed by atoms with E-state index in [0.29, 0.717) is 40.9 Å². The Morgan fingerprint density at radius 2 is 1.49 bits per heavy atom. The number of amides is 3. The third-order valence-corrected chi connectivity index (χ3v) is 8.97. The number of hydrogen-bond acceptors (Lipinski definition) is 7. The summed E-state index contributed by atoms with van der Waals surface area (Å²) in [6, 6.07) is 19.1. The van der Waals surface area contributed by atoms with Gasteiger partial charge in [0.1, 0.15) is 5.02 Å². The summed E-state index contributed by atoms with van der Waals surface area (Å²) in [5.41, 5.74) is 12.0. The summed E-state index contributed by atoms with van der Waals surface area (Å²) in [5.74, 6) is 0.262. The molecule has 0 aliphatic carbocycles. The number of para-hydroxylation sites is 2. The van der Waals surface area contributed by atoms with Crippen LogP contribution in [0.25, 0.3) is 0 Å². The fourth-order valence-corrected chi connectivity index (χ4v) is 5.96. The lowest BCUT2D eigenvalue weighted by atomic mass is 9.80. The largest absolute Gasteiger partial charge is 0.366 e. The van der Waals surface area contributed by atoms with Gasteiger partial charge in [0.15, 0.2) is 5.82 Å². The normalized spacial score (nSPS) is 16.0. The van der Waals surface area contributed by atoms with E-state index in [9.17, 15) is 14.4 Å². The van der Waals surface area contributed by atoms with Crippen molar-refractivity contribution in [2.24, 2.45) is 5.73 Å². The molecule has 3 heterocycles. The predicted molar refractivity (Wildman–Crippen MR) is 188 cm³/mol. The van der Waals surface area contributed by atoms with Gasteiger partial charge in [0.2, 0.25) is 17.8 Å². The molecule has 0 fully saturated rings. The highest BCUT2D eigenvalue weighted by Gasteiger charge is 2.29. The van der Waals surface area contributed by atoms with Crippen molar-refractivity contribution in [3.05, 3.63) is 94.1 Å². The molecule has 0 saturated carbocycles. The minimum atomic E-state index is -0.551. The molecule has 2 aliphatic heterocycles. The molecule has 2 aliphatic rings. The zero-order chi connectivity index (χ0) is 33.9. The summed E-state index contributed by atoms with van der Waals surface area (Å²) in [7, 11) is 0. The van der Waals surface area contributed by atoms with E-state index in [1.165, 1.54) is 11.8 Å². The average molecular weight is 654 g/mol. The maximum atomic E-state index is 12.0. The maximum absolute atomic E-state index is 12.0. The number of carbonyl (C=O) groups excluding carboxylic acids is 3. The van der Waals surface area contributed by atoms with Gasteiger partial charge in [-0.1, -0.05) is 69.6 Å². The molecule has 3 amide bonds. The zero-order valence-electron chi connectivity index (χ0n) is 27.3. The van der Waals surface area contributed by atoms with Crippen LogP contribution in [-0.2, 0) is 20.4 Å². The highest BCUT2D eigenvalue weighted by atomic mass is 35.5. The molecular formula is C36H40ClN7O3. The number of nitrogens with one attached hydrogen (secondary N) is 4. The van der Waals surface area contributed by atoms with Gasteiger partial charge in [0.05, 0.1) is 17.4 Å². The topological polar surface area (TPSA) is 151 Å². The van der Waals surface area contributed by atoms with E-state index in [1.54, 1.807) is 12.1 Å². The smallest absolute Gasteiger partial charge is 0.250 e. The fourth-order valence-electron chi connectivity index (χ4n) is 5.82. The molecule has 6 rings (SSSR count). The molecule has 11 heteroatoms. The van der Waals surface area contributed by atoms with Crippen LogP contribution in [0.4, 0.5) is 34.5 Å². The molecule has 0 bridgehead atoms. The number of fused-ring (bicyclic) bond motifs is 2. The van der Waals surface area contributed by atoms with Crippen LogP contribution in [0.2, 0.25) is 5.02 Å². The quantitative estimate of drug-likeness (QED) is 0.148. The number of primary amides is 1. The molecule has 1 aromatic heterocycles. The highest BCUT2D eigenvalue weighted by Crippen LogP contribution is 2.39. The minimum Gasteiger partial charge on any atom is -0.366 e. The molecule has 47 heavy (non-hydrogen) atoms. The molecule has 4 aromatic rings. The second kappa shape index (κ2) is 13.4. The van der Waals surface area contributed by atoms with Crippen LogP contribution in [0.1, 0.15) is 80.4 Å². The van der Waals surface area contributed by atoms with E-state index < -0.39 is 5.91 Å². The van der Waals surface area contributed by atoms with Crippen molar-refractivity contribution < 1.29 is 14.4 Å². The number of nitrogens with zero attached hydrogens (tertiary/aromatic N) is 2. The van der Waals surface area contributed by atoms with Crippen LogP contribution in [-0.4, -0.2) is 27.7 Å². The second-order valence-corrected chi connectivity index (χ2v) is 13.6. The second-order valence-electron chi connectivity index (χ2n) is 13.2. The van der Waals surface area contributed by atoms with Crippen LogP contribution in [0.3, 0.4) is 0 Å². The molecule has 0 saturated heterocycles. The summed E-state index contributed by atoms with van der Waals surface area (Å²) >= 11 is 6.33. The lowest BCUT2D eigenvalue weighted by molar-refractivity contribution is -0.117. The number of halogens is 1. The van der Waals surface area contributed by atoms with Crippen LogP contribution >= 0.6 is 11.6 Å². The van der Waals surface area contributed by atoms with Crippen LogP contribution in [0.5, 0.6) is 0 Å². The molecule has 0 unspecified atom stereocenters. The first kappa shape index (κ1) is 33.4. The Hall–Kier alpha value is -4.96. The van der Waals surface area contributed by atoms with Gasteiger partial charge in [-0.15, -0.1) is 0 Å². The minimum absolute atomic E-state index is 0.0193. The number of aryl methyl sites for hydroxylation is 1. The van der Waals surface area contributed by atoms with Crippen molar-refractivity contribution in [3.63, 3.8) is 0 Å². The van der Waals surface area contributed by atoms with Gasteiger partial charge in [-0.05, 0) is 77.6 Å². The number of benzene rings is 3. The summed E-state index contributed by atoms with van der Waals surface area (Å²) < 4.78 is 0. The molecular weight excluding hydrogens is 614 g/mol. The molecule has 0 radical (unpaired) electrons. The first-order chi connectivity index (χ1) is 22.2. The van der Waals surface area contributed by atoms with Gasteiger partial charge in [0, 0.05) is 29.9 Å². The number of carbonyl (C=O) groups is 3. The first-order valence-electron chi connectivity index (χ1n) is 15.5. The van der Waals surface area contributed by atoms with E-state index in [0.717, 1.165) is 41.0 Å².